The SMILES string of the molecule is CN=C(NCC(c1ccco1)N1CCCC1)N(C)CC1CCOC1.I. The quantitative estimate of drug-likeness (QED) is 0.400. The smallest absolute Gasteiger partial charge is 0.193 e. The van der Waals surface area contributed by atoms with Crippen LogP contribution in [0.2, 0.25) is 0 Å². The van der Waals surface area contributed by atoms with E-state index in [1.54, 1.807) is 6.26 Å². The third-order valence-electron chi connectivity index (χ3n) is 5.04. The van der Waals surface area contributed by atoms with Crippen LogP contribution < -0.4 is 5.32 Å². The second-order valence-electron chi connectivity index (χ2n) is 6.81. The predicted octanol–water partition coefficient (Wildman–Crippen LogP) is 2.58. The third kappa shape index (κ3) is 5.59. The first-order chi connectivity index (χ1) is 11.8. The number of guanidine groups is 1. The van der Waals surface area contributed by atoms with Gasteiger partial charge < -0.3 is 19.4 Å². The summed E-state index contributed by atoms with van der Waals surface area (Å²) in [6.07, 6.45) is 5.45. The molecule has 0 amide bonds. The van der Waals surface area contributed by atoms with Crippen LogP contribution in [0.4, 0.5) is 0 Å². The molecule has 0 bridgehead atoms. The van der Waals surface area contributed by atoms with Gasteiger partial charge in [0, 0.05) is 39.7 Å². The largest absolute Gasteiger partial charge is 0.468 e. The van der Waals surface area contributed by atoms with Gasteiger partial charge in [0.1, 0.15) is 5.76 Å². The minimum atomic E-state index is 0. The summed E-state index contributed by atoms with van der Waals surface area (Å²) in [6, 6.07) is 4.31. The molecule has 3 heterocycles. The van der Waals surface area contributed by atoms with Crippen molar-refractivity contribution in [1.82, 2.24) is 15.1 Å². The average Bonchev–Trinajstić information content (AvgIpc) is 3.34. The normalized spacial score (nSPS) is 22.6. The molecule has 0 aliphatic carbocycles. The Kier molecular flexibility index (Phi) is 8.51. The Morgan fingerprint density at radius 1 is 1.44 bits per heavy atom. The molecule has 1 N–H and O–H groups in total. The lowest BCUT2D eigenvalue weighted by Crippen LogP contribution is -2.45. The highest BCUT2D eigenvalue weighted by atomic mass is 127. The molecule has 2 atom stereocenters. The van der Waals surface area contributed by atoms with E-state index < -0.39 is 0 Å². The Balaban J connectivity index is 0.00000225. The predicted molar refractivity (Wildman–Crippen MR) is 111 cm³/mol. The molecule has 142 valence electrons. The number of likely N-dealkylation sites (tertiary alicyclic amines) is 1. The van der Waals surface area contributed by atoms with E-state index in [2.05, 4.69) is 33.2 Å². The van der Waals surface area contributed by atoms with E-state index in [1.807, 2.05) is 13.1 Å². The van der Waals surface area contributed by atoms with Crippen LogP contribution in [0.25, 0.3) is 0 Å². The molecule has 6 nitrogen and oxygen atoms in total. The first-order valence-electron chi connectivity index (χ1n) is 9.05. The van der Waals surface area contributed by atoms with Crippen molar-refractivity contribution in [2.75, 3.05) is 53.5 Å². The van der Waals surface area contributed by atoms with Crippen LogP contribution in [-0.4, -0.2) is 69.2 Å². The summed E-state index contributed by atoms with van der Waals surface area (Å²) in [5, 5.41) is 3.54. The molecule has 0 radical (unpaired) electrons. The van der Waals surface area contributed by atoms with Crippen LogP contribution in [0.3, 0.4) is 0 Å². The second-order valence-corrected chi connectivity index (χ2v) is 6.81. The van der Waals surface area contributed by atoms with Crippen molar-refractivity contribution in [1.29, 1.82) is 0 Å². The first-order valence-corrected chi connectivity index (χ1v) is 9.05. The molecule has 7 heteroatoms. The highest BCUT2D eigenvalue weighted by molar-refractivity contribution is 14.0. The maximum Gasteiger partial charge on any atom is 0.193 e. The van der Waals surface area contributed by atoms with E-state index in [0.717, 1.165) is 57.5 Å². The average molecular weight is 462 g/mol. The zero-order valence-electron chi connectivity index (χ0n) is 15.3. The molecule has 25 heavy (non-hydrogen) atoms. The van der Waals surface area contributed by atoms with Gasteiger partial charge in [-0.15, -0.1) is 24.0 Å². The molecule has 0 saturated carbocycles. The molecule has 2 aliphatic heterocycles. The summed E-state index contributed by atoms with van der Waals surface area (Å²) >= 11 is 0. The molecule has 3 rings (SSSR count). The zero-order chi connectivity index (χ0) is 16.8. The van der Waals surface area contributed by atoms with Gasteiger partial charge in [0.2, 0.25) is 0 Å². The minimum Gasteiger partial charge on any atom is -0.468 e. The van der Waals surface area contributed by atoms with Gasteiger partial charge in [0.05, 0.1) is 18.9 Å². The number of aliphatic imine (C=N–C) groups is 1. The molecule has 2 saturated heterocycles. The second kappa shape index (κ2) is 10.4. The fraction of sp³-hybridized carbons (Fsp3) is 0.722. The lowest BCUT2D eigenvalue weighted by Gasteiger charge is -2.29. The molecule has 1 aromatic heterocycles. The van der Waals surface area contributed by atoms with Crippen molar-refractivity contribution in [3.8, 4) is 0 Å². The summed E-state index contributed by atoms with van der Waals surface area (Å²) in [5.41, 5.74) is 0. The van der Waals surface area contributed by atoms with Crippen LogP contribution in [0.15, 0.2) is 27.8 Å². The summed E-state index contributed by atoms with van der Waals surface area (Å²) in [4.78, 5) is 9.17. The Hall–Kier alpha value is -0.800. The topological polar surface area (TPSA) is 53.2 Å². The molecule has 1 aromatic rings. The third-order valence-corrected chi connectivity index (χ3v) is 5.04. The zero-order valence-corrected chi connectivity index (χ0v) is 17.6. The fourth-order valence-corrected chi connectivity index (χ4v) is 3.72. The number of ether oxygens (including phenoxy) is 1. The lowest BCUT2D eigenvalue weighted by atomic mass is 10.1. The lowest BCUT2D eigenvalue weighted by molar-refractivity contribution is 0.180. The Morgan fingerprint density at radius 3 is 2.84 bits per heavy atom. The van der Waals surface area contributed by atoms with Gasteiger partial charge >= 0.3 is 0 Å². The van der Waals surface area contributed by atoms with Crippen molar-refractivity contribution in [3.05, 3.63) is 24.2 Å². The van der Waals surface area contributed by atoms with Crippen LogP contribution in [0.1, 0.15) is 31.1 Å². The van der Waals surface area contributed by atoms with E-state index in [4.69, 9.17) is 9.15 Å². The number of rotatable bonds is 6. The van der Waals surface area contributed by atoms with E-state index in [-0.39, 0.29) is 30.0 Å². The highest BCUT2D eigenvalue weighted by Crippen LogP contribution is 2.25. The molecule has 2 aliphatic rings. The van der Waals surface area contributed by atoms with Crippen LogP contribution in [-0.2, 0) is 4.74 Å². The maximum atomic E-state index is 5.69. The molecule has 0 spiro atoms. The van der Waals surface area contributed by atoms with Crippen LogP contribution in [0, 0.1) is 5.92 Å². The van der Waals surface area contributed by atoms with Gasteiger partial charge in [0.15, 0.2) is 5.96 Å². The van der Waals surface area contributed by atoms with E-state index in [1.165, 1.54) is 12.8 Å². The summed E-state index contributed by atoms with van der Waals surface area (Å²) in [7, 11) is 3.95. The van der Waals surface area contributed by atoms with E-state index in [9.17, 15) is 0 Å². The molecular formula is C18H31IN4O2. The van der Waals surface area contributed by atoms with Crippen molar-refractivity contribution in [3.63, 3.8) is 0 Å². The first kappa shape index (κ1) is 20.5. The fourth-order valence-electron chi connectivity index (χ4n) is 3.72. The highest BCUT2D eigenvalue weighted by Gasteiger charge is 2.26. The van der Waals surface area contributed by atoms with Gasteiger partial charge in [-0.05, 0) is 44.5 Å². The van der Waals surface area contributed by atoms with Crippen molar-refractivity contribution in [2.45, 2.75) is 25.3 Å². The van der Waals surface area contributed by atoms with Gasteiger partial charge in [0.25, 0.3) is 0 Å². The van der Waals surface area contributed by atoms with Gasteiger partial charge in [-0.25, -0.2) is 0 Å². The van der Waals surface area contributed by atoms with Crippen molar-refractivity contribution < 1.29 is 9.15 Å². The maximum absolute atomic E-state index is 5.69. The number of hydrogen-bond acceptors (Lipinski definition) is 4. The number of halogens is 1. The van der Waals surface area contributed by atoms with E-state index in [0.29, 0.717) is 5.92 Å². The van der Waals surface area contributed by atoms with E-state index >= 15 is 0 Å². The van der Waals surface area contributed by atoms with Crippen LogP contribution in [0.5, 0.6) is 0 Å². The van der Waals surface area contributed by atoms with Gasteiger partial charge in [-0.3, -0.25) is 9.89 Å². The summed E-state index contributed by atoms with van der Waals surface area (Å²) in [6.45, 7) is 5.83. The Bertz CT molecular complexity index is 511. The number of hydrogen-bond donors (Lipinski definition) is 1. The Labute approximate surface area is 168 Å². The Morgan fingerprint density at radius 2 is 2.24 bits per heavy atom. The molecule has 0 aromatic carbocycles. The molecule has 2 fully saturated rings. The molecule has 2 unspecified atom stereocenters. The molecular weight excluding hydrogens is 431 g/mol. The van der Waals surface area contributed by atoms with Gasteiger partial charge in [-0.2, -0.15) is 0 Å². The number of furan rings is 1. The van der Waals surface area contributed by atoms with Crippen molar-refractivity contribution >= 4 is 29.9 Å². The minimum absolute atomic E-state index is 0. The van der Waals surface area contributed by atoms with Gasteiger partial charge in [-0.1, -0.05) is 0 Å². The standard InChI is InChI=1S/C18H30N4O2.HI/c1-19-18(21(2)13-15-7-11-23-14-15)20-12-16(17-6-5-10-24-17)22-8-3-4-9-22;/h5-6,10,15-16H,3-4,7-9,11-14H2,1-2H3,(H,19,20);1H. The van der Waals surface area contributed by atoms with Crippen molar-refractivity contribution in [2.24, 2.45) is 10.9 Å². The monoisotopic (exact) mass is 462 g/mol. The number of nitrogens with zero attached hydrogens (tertiary/aromatic N) is 3. The summed E-state index contributed by atoms with van der Waals surface area (Å²) in [5.74, 6) is 2.58. The summed E-state index contributed by atoms with van der Waals surface area (Å²) < 4.78 is 11.2. The van der Waals surface area contributed by atoms with Crippen LogP contribution >= 0.6 is 24.0 Å². The number of nitrogens with one attached hydrogen (secondary N) is 1.